The molecule has 0 spiro atoms. The van der Waals surface area contributed by atoms with Gasteiger partial charge in [-0.2, -0.15) is 0 Å². The first-order valence-electron chi connectivity index (χ1n) is 9.02. The summed E-state index contributed by atoms with van der Waals surface area (Å²) in [5.41, 5.74) is 3.86. The lowest BCUT2D eigenvalue weighted by atomic mass is 9.89. The summed E-state index contributed by atoms with van der Waals surface area (Å²) in [6.07, 6.45) is 0. The zero-order valence-electron chi connectivity index (χ0n) is 15.3. The van der Waals surface area contributed by atoms with Gasteiger partial charge in [-0.1, -0.05) is 30.3 Å². The number of aliphatic carboxylic acids is 1. The standard InChI is InChI=1S/C22H21NO4/c1-13-8-16-10-20(27-19(16)9-14(13)2)21(24)23-11-17(18(12-23)22(25)26)15-6-4-3-5-7-15/h3-10,17-18H,11-12H2,1-2H3,(H,25,26)/t17-,18-/m0/s1. The van der Waals surface area contributed by atoms with Gasteiger partial charge in [-0.05, 0) is 48.7 Å². The van der Waals surface area contributed by atoms with Crippen molar-refractivity contribution in [3.63, 3.8) is 0 Å². The van der Waals surface area contributed by atoms with Gasteiger partial charge in [0, 0.05) is 24.4 Å². The van der Waals surface area contributed by atoms with E-state index in [4.69, 9.17) is 4.42 Å². The highest BCUT2D eigenvalue weighted by Crippen LogP contribution is 2.34. The van der Waals surface area contributed by atoms with E-state index in [1.54, 1.807) is 11.0 Å². The Hall–Kier alpha value is -3.08. The van der Waals surface area contributed by atoms with Crippen LogP contribution in [0.5, 0.6) is 0 Å². The van der Waals surface area contributed by atoms with E-state index in [9.17, 15) is 14.7 Å². The number of nitrogens with zero attached hydrogens (tertiary/aromatic N) is 1. The van der Waals surface area contributed by atoms with E-state index in [0.717, 1.165) is 22.1 Å². The number of carboxylic acids is 1. The molecule has 2 atom stereocenters. The van der Waals surface area contributed by atoms with Crippen LogP contribution in [0.15, 0.2) is 52.9 Å². The molecule has 1 saturated heterocycles. The number of hydrogen-bond acceptors (Lipinski definition) is 3. The number of benzene rings is 2. The monoisotopic (exact) mass is 363 g/mol. The largest absolute Gasteiger partial charge is 0.481 e. The Labute approximate surface area is 157 Å². The molecule has 0 unspecified atom stereocenters. The lowest BCUT2D eigenvalue weighted by Gasteiger charge is -2.15. The van der Waals surface area contributed by atoms with Crippen LogP contribution in [0.25, 0.3) is 11.0 Å². The maximum Gasteiger partial charge on any atom is 0.308 e. The van der Waals surface area contributed by atoms with Crippen LogP contribution < -0.4 is 0 Å². The lowest BCUT2D eigenvalue weighted by Crippen LogP contribution is -2.29. The highest BCUT2D eigenvalue weighted by molar-refractivity contribution is 5.97. The van der Waals surface area contributed by atoms with Gasteiger partial charge < -0.3 is 14.4 Å². The first-order chi connectivity index (χ1) is 12.9. The minimum atomic E-state index is -0.880. The Morgan fingerprint density at radius 1 is 1.04 bits per heavy atom. The van der Waals surface area contributed by atoms with Gasteiger partial charge in [0.05, 0.1) is 5.92 Å². The van der Waals surface area contributed by atoms with E-state index in [1.807, 2.05) is 56.3 Å². The minimum absolute atomic E-state index is 0.183. The maximum atomic E-state index is 13.0. The summed E-state index contributed by atoms with van der Waals surface area (Å²) in [4.78, 5) is 26.3. The molecular formula is C22H21NO4. The zero-order chi connectivity index (χ0) is 19.1. The summed E-state index contributed by atoms with van der Waals surface area (Å²) in [7, 11) is 0. The molecular weight excluding hydrogens is 342 g/mol. The fourth-order valence-corrected chi connectivity index (χ4v) is 3.82. The fourth-order valence-electron chi connectivity index (χ4n) is 3.82. The number of furan rings is 1. The van der Waals surface area contributed by atoms with Crippen molar-refractivity contribution in [1.29, 1.82) is 0 Å². The molecule has 2 heterocycles. The predicted molar refractivity (Wildman–Crippen MR) is 102 cm³/mol. The van der Waals surface area contributed by atoms with Gasteiger partial charge in [0.1, 0.15) is 5.58 Å². The number of carbonyl (C=O) groups excluding carboxylic acids is 1. The summed E-state index contributed by atoms with van der Waals surface area (Å²) >= 11 is 0. The van der Waals surface area contributed by atoms with E-state index in [1.165, 1.54) is 0 Å². The Balaban J connectivity index is 1.63. The minimum Gasteiger partial charge on any atom is -0.481 e. The molecule has 1 aliphatic heterocycles. The number of amides is 1. The molecule has 1 fully saturated rings. The molecule has 0 bridgehead atoms. The highest BCUT2D eigenvalue weighted by Gasteiger charge is 2.41. The molecule has 0 saturated carbocycles. The van der Waals surface area contributed by atoms with Gasteiger partial charge in [-0.25, -0.2) is 0 Å². The molecule has 1 N–H and O–H groups in total. The second-order valence-electron chi connectivity index (χ2n) is 7.26. The number of carbonyl (C=O) groups is 2. The number of likely N-dealkylation sites (tertiary alicyclic amines) is 1. The van der Waals surface area contributed by atoms with Gasteiger partial charge >= 0.3 is 5.97 Å². The Kier molecular flexibility index (Phi) is 4.22. The van der Waals surface area contributed by atoms with Gasteiger partial charge in [-0.15, -0.1) is 0 Å². The maximum absolute atomic E-state index is 13.0. The van der Waals surface area contributed by atoms with Crippen LogP contribution in [0.3, 0.4) is 0 Å². The molecule has 138 valence electrons. The van der Waals surface area contributed by atoms with Crippen molar-refractivity contribution in [2.45, 2.75) is 19.8 Å². The Morgan fingerprint density at radius 2 is 1.74 bits per heavy atom. The summed E-state index contributed by atoms with van der Waals surface area (Å²) in [6.45, 7) is 4.57. The topological polar surface area (TPSA) is 70.8 Å². The van der Waals surface area contributed by atoms with Crippen molar-refractivity contribution in [3.05, 3.63) is 71.0 Å². The zero-order valence-corrected chi connectivity index (χ0v) is 15.3. The van der Waals surface area contributed by atoms with Crippen LogP contribution in [-0.2, 0) is 4.79 Å². The average Bonchev–Trinajstić information content (AvgIpc) is 3.27. The van der Waals surface area contributed by atoms with Gasteiger partial charge in [0.2, 0.25) is 0 Å². The van der Waals surface area contributed by atoms with Gasteiger partial charge in [0.25, 0.3) is 5.91 Å². The molecule has 5 nitrogen and oxygen atoms in total. The van der Waals surface area contributed by atoms with E-state index < -0.39 is 11.9 Å². The van der Waals surface area contributed by atoms with Crippen molar-refractivity contribution < 1.29 is 19.1 Å². The Bertz CT molecular complexity index is 982. The van der Waals surface area contributed by atoms with Crippen LogP contribution in [0.2, 0.25) is 0 Å². The summed E-state index contributed by atoms with van der Waals surface area (Å²) in [5.74, 6) is -1.72. The SMILES string of the molecule is Cc1cc2cc(C(=O)N3C[C@H](C(=O)O)[C@H](c4ccccc4)C3)oc2cc1C. The molecule has 2 aromatic carbocycles. The first-order valence-corrected chi connectivity index (χ1v) is 9.02. The number of carboxylic acid groups (broad SMARTS) is 1. The third kappa shape index (κ3) is 3.10. The summed E-state index contributed by atoms with van der Waals surface area (Å²) in [6, 6.07) is 15.2. The molecule has 1 amide bonds. The van der Waals surface area contributed by atoms with Crippen molar-refractivity contribution in [2.24, 2.45) is 5.92 Å². The molecule has 5 heteroatoms. The average molecular weight is 363 g/mol. The molecule has 3 aromatic rings. The number of rotatable bonds is 3. The van der Waals surface area contributed by atoms with Crippen LogP contribution in [0.1, 0.15) is 33.2 Å². The molecule has 0 radical (unpaired) electrons. The van der Waals surface area contributed by atoms with Crippen LogP contribution >= 0.6 is 0 Å². The van der Waals surface area contributed by atoms with Crippen molar-refractivity contribution in [2.75, 3.05) is 13.1 Å². The lowest BCUT2D eigenvalue weighted by molar-refractivity contribution is -0.141. The van der Waals surface area contributed by atoms with Crippen molar-refractivity contribution >= 4 is 22.8 Å². The second kappa shape index (κ2) is 6.58. The number of fused-ring (bicyclic) bond motifs is 1. The van der Waals surface area contributed by atoms with Gasteiger partial charge in [-0.3, -0.25) is 9.59 Å². The molecule has 4 rings (SSSR count). The third-order valence-electron chi connectivity index (χ3n) is 5.50. The second-order valence-corrected chi connectivity index (χ2v) is 7.26. The van der Waals surface area contributed by atoms with Gasteiger partial charge in [0.15, 0.2) is 5.76 Å². The van der Waals surface area contributed by atoms with E-state index in [2.05, 4.69) is 0 Å². The molecule has 1 aromatic heterocycles. The molecule has 0 aliphatic carbocycles. The van der Waals surface area contributed by atoms with Crippen LogP contribution in [0, 0.1) is 19.8 Å². The van der Waals surface area contributed by atoms with Crippen molar-refractivity contribution in [3.8, 4) is 0 Å². The first kappa shape index (κ1) is 17.3. The smallest absolute Gasteiger partial charge is 0.308 e. The van der Waals surface area contributed by atoms with Crippen molar-refractivity contribution in [1.82, 2.24) is 4.90 Å². The quantitative estimate of drug-likeness (QED) is 0.764. The highest BCUT2D eigenvalue weighted by atomic mass is 16.4. The summed E-state index contributed by atoms with van der Waals surface area (Å²) in [5, 5.41) is 10.5. The molecule has 27 heavy (non-hydrogen) atoms. The fraction of sp³-hybridized carbons (Fsp3) is 0.273. The van der Waals surface area contributed by atoms with E-state index in [-0.39, 0.29) is 24.1 Å². The van der Waals surface area contributed by atoms with E-state index in [0.29, 0.717) is 12.1 Å². The third-order valence-corrected chi connectivity index (χ3v) is 5.50. The van der Waals surface area contributed by atoms with Crippen LogP contribution in [0.4, 0.5) is 0 Å². The normalized spacial score (nSPS) is 19.6. The van der Waals surface area contributed by atoms with Crippen LogP contribution in [-0.4, -0.2) is 35.0 Å². The van der Waals surface area contributed by atoms with E-state index >= 15 is 0 Å². The number of hydrogen-bond donors (Lipinski definition) is 1. The Morgan fingerprint density at radius 3 is 2.44 bits per heavy atom. The predicted octanol–water partition coefficient (Wildman–Crippen LogP) is 3.99. The summed E-state index contributed by atoms with van der Waals surface area (Å²) < 4.78 is 5.78. The molecule has 1 aliphatic rings. The number of aryl methyl sites for hydroxylation is 2.